The fraction of sp³-hybridized carbons (Fsp3) is 0.100. The lowest BCUT2D eigenvalue weighted by atomic mass is 10.2. The van der Waals surface area contributed by atoms with E-state index in [0.717, 1.165) is 22.7 Å². The first-order valence-electron chi connectivity index (χ1n) is 8.18. The Morgan fingerprint density at radius 1 is 1.12 bits per heavy atom. The van der Waals surface area contributed by atoms with Crippen LogP contribution in [0.4, 0.5) is 5.69 Å². The molecule has 0 radical (unpaired) electrons. The van der Waals surface area contributed by atoms with Crippen LogP contribution in [0.5, 0.6) is 5.75 Å². The molecular formula is C20H17N3O2S. The summed E-state index contributed by atoms with van der Waals surface area (Å²) in [5, 5.41) is 5.25. The van der Waals surface area contributed by atoms with Crippen LogP contribution < -0.4 is 15.6 Å². The van der Waals surface area contributed by atoms with Crippen LogP contribution in [0.2, 0.25) is 0 Å². The van der Waals surface area contributed by atoms with Gasteiger partial charge in [0.25, 0.3) is 5.56 Å². The van der Waals surface area contributed by atoms with Crippen LogP contribution in [0.3, 0.4) is 0 Å². The topological polar surface area (TPSA) is 55.6 Å². The second-order valence-electron chi connectivity index (χ2n) is 5.77. The van der Waals surface area contributed by atoms with Crippen molar-refractivity contribution in [1.29, 1.82) is 0 Å². The van der Waals surface area contributed by atoms with Gasteiger partial charge in [-0.25, -0.2) is 4.98 Å². The number of hydrogen-bond donors (Lipinski definition) is 1. The third-order valence-corrected chi connectivity index (χ3v) is 4.92. The van der Waals surface area contributed by atoms with Crippen LogP contribution in [-0.2, 0) is 6.54 Å². The zero-order valence-corrected chi connectivity index (χ0v) is 15.0. The molecular weight excluding hydrogens is 346 g/mol. The van der Waals surface area contributed by atoms with Gasteiger partial charge in [-0.05, 0) is 29.8 Å². The Hall–Kier alpha value is -3.12. The van der Waals surface area contributed by atoms with Gasteiger partial charge in [-0.15, -0.1) is 11.3 Å². The monoisotopic (exact) mass is 363 g/mol. The van der Waals surface area contributed by atoms with Crippen molar-refractivity contribution in [1.82, 2.24) is 9.38 Å². The number of rotatable bonds is 5. The summed E-state index contributed by atoms with van der Waals surface area (Å²) in [6, 6.07) is 19.1. The third kappa shape index (κ3) is 3.19. The van der Waals surface area contributed by atoms with E-state index in [1.807, 2.05) is 60.0 Å². The van der Waals surface area contributed by atoms with E-state index >= 15 is 0 Å². The highest BCUT2D eigenvalue weighted by molar-refractivity contribution is 7.15. The van der Waals surface area contributed by atoms with Crippen LogP contribution in [0.1, 0.15) is 5.69 Å². The van der Waals surface area contributed by atoms with Crippen molar-refractivity contribution in [2.75, 3.05) is 12.4 Å². The van der Waals surface area contributed by atoms with Crippen molar-refractivity contribution in [2.45, 2.75) is 6.54 Å². The molecule has 2 heterocycles. The average molecular weight is 363 g/mol. The largest absolute Gasteiger partial charge is 0.497 e. The molecule has 0 fully saturated rings. The first-order chi connectivity index (χ1) is 12.7. The number of nitrogens with zero attached hydrogens (tertiary/aromatic N) is 2. The van der Waals surface area contributed by atoms with E-state index in [1.165, 1.54) is 11.3 Å². The molecule has 6 heteroatoms. The van der Waals surface area contributed by atoms with E-state index in [2.05, 4.69) is 10.3 Å². The first kappa shape index (κ1) is 16.4. The number of thiazole rings is 1. The fourth-order valence-corrected chi connectivity index (χ4v) is 3.69. The molecule has 26 heavy (non-hydrogen) atoms. The molecule has 0 spiro atoms. The smallest absolute Gasteiger partial charge is 0.259 e. The van der Waals surface area contributed by atoms with E-state index in [-0.39, 0.29) is 5.56 Å². The molecule has 0 aliphatic carbocycles. The molecule has 0 aliphatic heterocycles. The Bertz CT molecular complexity index is 1090. The average Bonchev–Trinajstić information content (AvgIpc) is 3.12. The van der Waals surface area contributed by atoms with E-state index in [4.69, 9.17) is 4.74 Å². The van der Waals surface area contributed by atoms with Crippen molar-refractivity contribution >= 4 is 22.0 Å². The van der Waals surface area contributed by atoms with Gasteiger partial charge in [0.05, 0.1) is 25.0 Å². The van der Waals surface area contributed by atoms with Gasteiger partial charge in [-0.2, -0.15) is 0 Å². The van der Waals surface area contributed by atoms with Gasteiger partial charge in [-0.3, -0.25) is 9.20 Å². The molecule has 0 saturated heterocycles. The molecule has 2 aromatic carbocycles. The summed E-state index contributed by atoms with van der Waals surface area (Å²) in [6.07, 6.45) is 0. The minimum absolute atomic E-state index is 0.0679. The molecule has 4 rings (SSSR count). The maximum absolute atomic E-state index is 12.6. The lowest BCUT2D eigenvalue weighted by Gasteiger charge is -2.07. The minimum Gasteiger partial charge on any atom is -0.497 e. The Morgan fingerprint density at radius 3 is 2.62 bits per heavy atom. The van der Waals surface area contributed by atoms with Crippen molar-refractivity contribution < 1.29 is 4.74 Å². The lowest BCUT2D eigenvalue weighted by molar-refractivity contribution is 0.415. The van der Waals surface area contributed by atoms with Crippen LogP contribution >= 0.6 is 11.3 Å². The second kappa shape index (κ2) is 7.01. The molecule has 0 saturated carbocycles. The summed E-state index contributed by atoms with van der Waals surface area (Å²) in [5.41, 5.74) is 3.47. The first-order valence-corrected chi connectivity index (χ1v) is 9.06. The lowest BCUT2D eigenvalue weighted by Crippen LogP contribution is -2.16. The number of anilines is 1. The summed E-state index contributed by atoms with van der Waals surface area (Å²) in [5.74, 6) is 0.806. The maximum atomic E-state index is 12.6. The van der Waals surface area contributed by atoms with Crippen molar-refractivity contribution in [3.05, 3.63) is 82.1 Å². The van der Waals surface area contributed by atoms with Crippen molar-refractivity contribution in [3.63, 3.8) is 0 Å². The molecule has 0 atom stereocenters. The SMILES string of the molecule is COc1ccc(NCc2cc(=O)n3c(-c4ccccc4)csc3n2)cc1. The van der Waals surface area contributed by atoms with Gasteiger partial charge >= 0.3 is 0 Å². The van der Waals surface area contributed by atoms with E-state index < -0.39 is 0 Å². The van der Waals surface area contributed by atoms with Gasteiger partial charge in [0.1, 0.15) is 5.75 Å². The fourth-order valence-electron chi connectivity index (χ4n) is 2.77. The predicted octanol–water partition coefficient (Wildman–Crippen LogP) is 4.04. The van der Waals surface area contributed by atoms with Crippen LogP contribution in [0, 0.1) is 0 Å². The zero-order chi connectivity index (χ0) is 17.9. The Morgan fingerprint density at radius 2 is 1.88 bits per heavy atom. The van der Waals surface area contributed by atoms with Crippen molar-refractivity contribution in [3.8, 4) is 17.0 Å². The highest BCUT2D eigenvalue weighted by atomic mass is 32.1. The Balaban J connectivity index is 1.60. The quantitative estimate of drug-likeness (QED) is 0.581. The predicted molar refractivity (Wildman–Crippen MR) is 105 cm³/mol. The number of ether oxygens (including phenoxy) is 1. The minimum atomic E-state index is -0.0679. The summed E-state index contributed by atoms with van der Waals surface area (Å²) < 4.78 is 6.82. The van der Waals surface area contributed by atoms with Gasteiger partial charge in [0, 0.05) is 17.1 Å². The summed E-state index contributed by atoms with van der Waals surface area (Å²) in [7, 11) is 1.64. The maximum Gasteiger partial charge on any atom is 0.259 e. The van der Waals surface area contributed by atoms with E-state index in [0.29, 0.717) is 17.2 Å². The summed E-state index contributed by atoms with van der Waals surface area (Å²) >= 11 is 1.47. The molecule has 1 N–H and O–H groups in total. The van der Waals surface area contributed by atoms with Gasteiger partial charge in [0.2, 0.25) is 0 Å². The van der Waals surface area contributed by atoms with Gasteiger partial charge < -0.3 is 10.1 Å². The molecule has 0 unspecified atom stereocenters. The molecule has 2 aromatic heterocycles. The second-order valence-corrected chi connectivity index (χ2v) is 6.61. The molecule has 0 bridgehead atoms. The van der Waals surface area contributed by atoms with Crippen molar-refractivity contribution in [2.24, 2.45) is 0 Å². The van der Waals surface area contributed by atoms with Crippen LogP contribution in [0.25, 0.3) is 16.2 Å². The molecule has 5 nitrogen and oxygen atoms in total. The number of fused-ring (bicyclic) bond motifs is 1. The third-order valence-electron chi connectivity index (χ3n) is 4.09. The molecule has 130 valence electrons. The Labute approximate surface area is 154 Å². The summed E-state index contributed by atoms with van der Waals surface area (Å²) in [6.45, 7) is 0.483. The zero-order valence-electron chi connectivity index (χ0n) is 14.2. The van der Waals surface area contributed by atoms with Crippen LogP contribution in [-0.4, -0.2) is 16.5 Å². The highest BCUT2D eigenvalue weighted by Crippen LogP contribution is 2.24. The van der Waals surface area contributed by atoms with E-state index in [9.17, 15) is 4.79 Å². The number of nitrogens with one attached hydrogen (secondary N) is 1. The van der Waals surface area contributed by atoms with Crippen LogP contribution in [0.15, 0.2) is 70.8 Å². The Kier molecular flexibility index (Phi) is 4.41. The van der Waals surface area contributed by atoms with Gasteiger partial charge in [-0.1, -0.05) is 30.3 Å². The molecule has 0 amide bonds. The number of methoxy groups -OCH3 is 1. The normalized spacial score (nSPS) is 10.8. The summed E-state index contributed by atoms with van der Waals surface area (Å²) in [4.78, 5) is 18.0. The van der Waals surface area contributed by atoms with Gasteiger partial charge in [0.15, 0.2) is 4.96 Å². The number of hydrogen-bond acceptors (Lipinski definition) is 5. The molecule has 0 aliphatic rings. The number of benzene rings is 2. The molecule has 4 aromatic rings. The highest BCUT2D eigenvalue weighted by Gasteiger charge is 2.10. The standard InChI is InChI=1S/C20H17N3O2S/c1-25-17-9-7-15(8-10-17)21-12-16-11-19(24)23-18(13-26-20(23)22-16)14-5-3-2-4-6-14/h2-11,13,21H,12H2,1H3. The number of aromatic nitrogens is 2. The van der Waals surface area contributed by atoms with E-state index in [1.54, 1.807) is 17.6 Å².